The zero-order chi connectivity index (χ0) is 13.9. The van der Waals surface area contributed by atoms with E-state index in [2.05, 4.69) is 53.0 Å². The van der Waals surface area contributed by atoms with Crippen molar-refractivity contribution >= 4 is 5.69 Å². The van der Waals surface area contributed by atoms with Gasteiger partial charge in [0.2, 0.25) is 0 Å². The molecule has 2 aromatic rings. The number of hydrogen-bond donors (Lipinski definition) is 1. The standard InChI is InChI=1S/C17H23N3/c1-13-9-14(2)11-15(10-13)19-16-5-3-4-6-17(16)20-8-7-18-12-20/h3-8,12-15,19H,9-11H2,1-2H3. The van der Waals surface area contributed by atoms with E-state index >= 15 is 0 Å². The maximum absolute atomic E-state index is 4.15. The van der Waals surface area contributed by atoms with Crippen LogP contribution in [0.3, 0.4) is 0 Å². The van der Waals surface area contributed by atoms with E-state index in [0.29, 0.717) is 6.04 Å². The first-order valence-electron chi connectivity index (χ1n) is 7.56. The number of benzene rings is 1. The van der Waals surface area contributed by atoms with Gasteiger partial charge in [0.25, 0.3) is 0 Å². The van der Waals surface area contributed by atoms with Crippen LogP contribution in [-0.2, 0) is 0 Å². The van der Waals surface area contributed by atoms with Gasteiger partial charge in [-0.25, -0.2) is 4.98 Å². The van der Waals surface area contributed by atoms with Crippen LogP contribution in [0.1, 0.15) is 33.1 Å². The highest BCUT2D eigenvalue weighted by Crippen LogP contribution is 2.31. The molecule has 0 saturated heterocycles. The van der Waals surface area contributed by atoms with Crippen molar-refractivity contribution in [3.8, 4) is 5.69 Å². The fourth-order valence-corrected chi connectivity index (χ4v) is 3.51. The Hall–Kier alpha value is -1.77. The van der Waals surface area contributed by atoms with Gasteiger partial charge in [-0.1, -0.05) is 26.0 Å². The summed E-state index contributed by atoms with van der Waals surface area (Å²) in [4.78, 5) is 4.15. The number of rotatable bonds is 3. The largest absolute Gasteiger partial charge is 0.381 e. The summed E-state index contributed by atoms with van der Waals surface area (Å²) in [6.45, 7) is 4.73. The molecule has 106 valence electrons. The van der Waals surface area contributed by atoms with Gasteiger partial charge in [-0.2, -0.15) is 0 Å². The lowest BCUT2D eigenvalue weighted by Gasteiger charge is -2.33. The number of anilines is 1. The second-order valence-electron chi connectivity index (χ2n) is 6.25. The minimum Gasteiger partial charge on any atom is -0.381 e. The maximum atomic E-state index is 4.15. The summed E-state index contributed by atoms with van der Waals surface area (Å²) in [5.74, 6) is 1.63. The van der Waals surface area contributed by atoms with Crippen LogP contribution >= 0.6 is 0 Å². The van der Waals surface area contributed by atoms with Crippen LogP contribution in [0.4, 0.5) is 5.69 Å². The van der Waals surface area contributed by atoms with Gasteiger partial charge in [0.15, 0.2) is 0 Å². The number of hydrogen-bond acceptors (Lipinski definition) is 2. The molecule has 2 atom stereocenters. The van der Waals surface area contributed by atoms with Crippen LogP contribution in [0.5, 0.6) is 0 Å². The molecule has 0 amide bonds. The lowest BCUT2D eigenvalue weighted by molar-refractivity contribution is 0.281. The van der Waals surface area contributed by atoms with E-state index in [-0.39, 0.29) is 0 Å². The number of para-hydroxylation sites is 2. The molecule has 3 heteroatoms. The minimum absolute atomic E-state index is 0.582. The van der Waals surface area contributed by atoms with Crippen LogP contribution in [0, 0.1) is 11.8 Å². The second-order valence-corrected chi connectivity index (χ2v) is 6.25. The molecule has 1 aromatic heterocycles. The molecule has 1 saturated carbocycles. The third-order valence-electron chi connectivity index (χ3n) is 4.22. The van der Waals surface area contributed by atoms with E-state index in [0.717, 1.165) is 11.8 Å². The predicted molar refractivity (Wildman–Crippen MR) is 83.2 cm³/mol. The van der Waals surface area contributed by atoms with Crippen molar-refractivity contribution in [1.29, 1.82) is 0 Å². The van der Waals surface area contributed by atoms with E-state index in [1.165, 1.54) is 30.6 Å². The van der Waals surface area contributed by atoms with E-state index in [4.69, 9.17) is 0 Å². The minimum atomic E-state index is 0.582. The normalized spacial score (nSPS) is 26.4. The molecule has 0 radical (unpaired) electrons. The van der Waals surface area contributed by atoms with Gasteiger partial charge in [0, 0.05) is 18.4 Å². The van der Waals surface area contributed by atoms with Gasteiger partial charge < -0.3 is 9.88 Å². The fraction of sp³-hybridized carbons (Fsp3) is 0.471. The van der Waals surface area contributed by atoms with Gasteiger partial charge in [-0.15, -0.1) is 0 Å². The first-order valence-corrected chi connectivity index (χ1v) is 7.56. The lowest BCUT2D eigenvalue weighted by atomic mass is 9.80. The molecule has 1 N–H and O–H groups in total. The number of nitrogens with zero attached hydrogens (tertiary/aromatic N) is 2. The summed E-state index contributed by atoms with van der Waals surface area (Å²) < 4.78 is 2.07. The zero-order valence-corrected chi connectivity index (χ0v) is 12.3. The summed E-state index contributed by atoms with van der Waals surface area (Å²) in [5.41, 5.74) is 2.38. The molecular weight excluding hydrogens is 246 g/mol. The van der Waals surface area contributed by atoms with Gasteiger partial charge in [0.1, 0.15) is 0 Å². The highest BCUT2D eigenvalue weighted by molar-refractivity contribution is 5.61. The Kier molecular flexibility index (Phi) is 3.77. The molecule has 1 fully saturated rings. The molecule has 2 unspecified atom stereocenters. The Labute approximate surface area is 121 Å². The van der Waals surface area contributed by atoms with Crippen molar-refractivity contribution in [2.24, 2.45) is 11.8 Å². The van der Waals surface area contributed by atoms with Crippen LogP contribution < -0.4 is 5.32 Å². The smallest absolute Gasteiger partial charge is 0.0992 e. The first kappa shape index (κ1) is 13.2. The van der Waals surface area contributed by atoms with Crippen LogP contribution in [0.2, 0.25) is 0 Å². The monoisotopic (exact) mass is 269 g/mol. The summed E-state index contributed by atoms with van der Waals surface area (Å²) in [6, 6.07) is 9.06. The van der Waals surface area contributed by atoms with Crippen molar-refractivity contribution in [3.05, 3.63) is 43.0 Å². The molecule has 3 nitrogen and oxygen atoms in total. The van der Waals surface area contributed by atoms with E-state index in [9.17, 15) is 0 Å². The number of aromatic nitrogens is 2. The molecule has 3 rings (SSSR count). The summed E-state index contributed by atoms with van der Waals surface area (Å²) >= 11 is 0. The van der Waals surface area contributed by atoms with Crippen molar-refractivity contribution in [3.63, 3.8) is 0 Å². The topological polar surface area (TPSA) is 29.9 Å². The molecule has 20 heavy (non-hydrogen) atoms. The second kappa shape index (κ2) is 5.70. The third-order valence-corrected chi connectivity index (χ3v) is 4.22. The van der Waals surface area contributed by atoms with Crippen LogP contribution in [-0.4, -0.2) is 15.6 Å². The average molecular weight is 269 g/mol. The molecule has 0 spiro atoms. The van der Waals surface area contributed by atoms with E-state index in [1.54, 1.807) is 0 Å². The predicted octanol–water partition coefficient (Wildman–Crippen LogP) is 4.11. The van der Waals surface area contributed by atoms with Gasteiger partial charge in [0.05, 0.1) is 17.7 Å². The molecule has 1 heterocycles. The van der Waals surface area contributed by atoms with E-state index < -0.39 is 0 Å². The van der Waals surface area contributed by atoms with Crippen molar-refractivity contribution in [2.45, 2.75) is 39.2 Å². The molecule has 1 aromatic carbocycles. The van der Waals surface area contributed by atoms with Crippen molar-refractivity contribution in [2.75, 3.05) is 5.32 Å². The summed E-state index contributed by atoms with van der Waals surface area (Å²) in [6.07, 6.45) is 9.56. The van der Waals surface area contributed by atoms with Gasteiger partial charge in [-0.3, -0.25) is 0 Å². The summed E-state index contributed by atoms with van der Waals surface area (Å²) in [5, 5.41) is 3.75. The average Bonchev–Trinajstić information content (AvgIpc) is 2.92. The number of nitrogens with one attached hydrogen (secondary N) is 1. The molecule has 1 aliphatic carbocycles. The molecular formula is C17H23N3. The zero-order valence-electron chi connectivity index (χ0n) is 12.3. The first-order chi connectivity index (χ1) is 9.72. The van der Waals surface area contributed by atoms with Gasteiger partial charge >= 0.3 is 0 Å². The SMILES string of the molecule is CC1CC(C)CC(Nc2ccccc2-n2ccnc2)C1. The highest BCUT2D eigenvalue weighted by Gasteiger charge is 2.24. The quantitative estimate of drug-likeness (QED) is 0.908. The lowest BCUT2D eigenvalue weighted by Crippen LogP contribution is -2.30. The Morgan fingerprint density at radius 2 is 1.85 bits per heavy atom. The van der Waals surface area contributed by atoms with Crippen LogP contribution in [0.15, 0.2) is 43.0 Å². The fourth-order valence-electron chi connectivity index (χ4n) is 3.51. The highest BCUT2D eigenvalue weighted by atomic mass is 15.1. The Balaban J connectivity index is 1.81. The molecule has 0 aliphatic heterocycles. The van der Waals surface area contributed by atoms with Crippen LogP contribution in [0.25, 0.3) is 5.69 Å². The summed E-state index contributed by atoms with van der Waals surface area (Å²) in [7, 11) is 0. The van der Waals surface area contributed by atoms with E-state index in [1.807, 2.05) is 18.7 Å². The Morgan fingerprint density at radius 3 is 2.55 bits per heavy atom. The van der Waals surface area contributed by atoms with Gasteiger partial charge in [-0.05, 0) is 43.2 Å². The molecule has 1 aliphatic rings. The maximum Gasteiger partial charge on any atom is 0.0992 e. The van der Waals surface area contributed by atoms with Crippen molar-refractivity contribution < 1.29 is 0 Å². The van der Waals surface area contributed by atoms with Crippen molar-refractivity contribution in [1.82, 2.24) is 9.55 Å². The molecule has 0 bridgehead atoms. The Morgan fingerprint density at radius 1 is 1.10 bits per heavy atom. The number of imidazole rings is 1. The third kappa shape index (κ3) is 2.87. The Bertz CT molecular complexity index is 537.